The predicted octanol–water partition coefficient (Wildman–Crippen LogP) is 4.61. The first-order chi connectivity index (χ1) is 12.5. The van der Waals surface area contributed by atoms with E-state index in [2.05, 4.69) is 11.1 Å². The Bertz CT molecular complexity index is 868. The second-order valence-electron chi connectivity index (χ2n) is 5.37. The number of nitriles is 1. The van der Waals surface area contributed by atoms with Gasteiger partial charge in [-0.15, -0.1) is 11.3 Å². The molecular weight excluding hydrogens is 354 g/mol. The van der Waals surface area contributed by atoms with Crippen LogP contribution in [0, 0.1) is 28.4 Å². The first kappa shape index (κ1) is 19.4. The van der Waals surface area contributed by atoms with E-state index >= 15 is 0 Å². The average Bonchev–Trinajstić information content (AvgIpc) is 3.04. The van der Waals surface area contributed by atoms with Crippen molar-refractivity contribution in [2.45, 2.75) is 27.2 Å². The Morgan fingerprint density at radius 2 is 2.19 bits per heavy atom. The first-order valence-corrected chi connectivity index (χ1v) is 9.00. The van der Waals surface area contributed by atoms with Crippen molar-refractivity contribution in [3.05, 3.63) is 43.9 Å². The summed E-state index contributed by atoms with van der Waals surface area (Å²) >= 11 is 1.35. The normalized spacial score (nSPS) is 11.1. The van der Waals surface area contributed by atoms with E-state index < -0.39 is 4.92 Å². The highest BCUT2D eigenvalue weighted by Gasteiger charge is 2.22. The molecule has 0 aliphatic rings. The van der Waals surface area contributed by atoms with Crippen molar-refractivity contribution in [1.29, 1.82) is 5.26 Å². The van der Waals surface area contributed by atoms with E-state index in [1.165, 1.54) is 17.4 Å². The molecule has 0 bridgehead atoms. The molecule has 2 rings (SSSR count). The predicted molar refractivity (Wildman–Crippen MR) is 100 cm³/mol. The minimum atomic E-state index is -0.509. The lowest BCUT2D eigenvalue weighted by molar-refractivity contribution is -0.386. The number of hydrogen-bond donors (Lipinski definition) is 0. The number of nitro groups is 1. The highest BCUT2D eigenvalue weighted by molar-refractivity contribution is 7.11. The number of nitrogens with zero attached hydrogens (tertiary/aromatic N) is 3. The van der Waals surface area contributed by atoms with Crippen LogP contribution < -0.4 is 9.47 Å². The van der Waals surface area contributed by atoms with Crippen molar-refractivity contribution in [2.24, 2.45) is 0 Å². The second kappa shape index (κ2) is 8.97. The van der Waals surface area contributed by atoms with Gasteiger partial charge in [0.15, 0.2) is 5.75 Å². The van der Waals surface area contributed by atoms with Gasteiger partial charge in [0.25, 0.3) is 0 Å². The van der Waals surface area contributed by atoms with Crippen LogP contribution in [0.3, 0.4) is 0 Å². The monoisotopic (exact) mass is 373 g/mol. The van der Waals surface area contributed by atoms with Gasteiger partial charge in [-0.25, -0.2) is 4.98 Å². The molecule has 136 valence electrons. The van der Waals surface area contributed by atoms with Crippen molar-refractivity contribution in [3.8, 4) is 17.6 Å². The second-order valence-corrected chi connectivity index (χ2v) is 6.23. The van der Waals surface area contributed by atoms with Gasteiger partial charge in [-0.2, -0.15) is 5.26 Å². The molecule has 0 radical (unpaired) electrons. The summed E-state index contributed by atoms with van der Waals surface area (Å²) in [6.07, 6.45) is 2.28. The van der Waals surface area contributed by atoms with E-state index in [1.54, 1.807) is 19.1 Å². The molecular formula is C18H19N3O4S. The molecule has 0 spiro atoms. The highest BCUT2D eigenvalue weighted by Crippen LogP contribution is 2.39. The molecule has 0 N–H and O–H groups in total. The van der Waals surface area contributed by atoms with Crippen molar-refractivity contribution < 1.29 is 14.4 Å². The molecule has 0 saturated heterocycles. The summed E-state index contributed by atoms with van der Waals surface area (Å²) in [5.41, 5.74) is 1.44. The SMILES string of the molecule is CCCOc1c(OCC)cc(/C=C(/C#N)c2nc(C)cs2)cc1[N+](=O)[O-]. The third kappa shape index (κ3) is 4.58. The largest absolute Gasteiger partial charge is 0.490 e. The number of aromatic nitrogens is 1. The Balaban J connectivity index is 2.56. The highest BCUT2D eigenvalue weighted by atomic mass is 32.1. The average molecular weight is 373 g/mol. The van der Waals surface area contributed by atoms with Crippen LogP contribution in [0.5, 0.6) is 11.5 Å². The van der Waals surface area contributed by atoms with Crippen LogP contribution in [0.25, 0.3) is 11.6 Å². The fraction of sp³-hybridized carbons (Fsp3) is 0.333. The van der Waals surface area contributed by atoms with Crippen molar-refractivity contribution in [1.82, 2.24) is 4.98 Å². The van der Waals surface area contributed by atoms with Crippen LogP contribution in [-0.4, -0.2) is 23.1 Å². The van der Waals surface area contributed by atoms with E-state index in [0.717, 1.165) is 5.69 Å². The molecule has 26 heavy (non-hydrogen) atoms. The minimum absolute atomic E-state index is 0.111. The zero-order valence-corrected chi connectivity index (χ0v) is 15.6. The van der Waals surface area contributed by atoms with Crippen LogP contribution in [0.15, 0.2) is 17.5 Å². The summed E-state index contributed by atoms with van der Waals surface area (Å²) in [7, 11) is 0. The molecule has 0 atom stereocenters. The Hall–Kier alpha value is -2.92. The summed E-state index contributed by atoms with van der Waals surface area (Å²) in [6.45, 7) is 6.23. The Kier molecular flexibility index (Phi) is 6.69. The van der Waals surface area contributed by atoms with Gasteiger partial charge in [0.1, 0.15) is 11.1 Å². The molecule has 0 aliphatic heterocycles. The third-order valence-electron chi connectivity index (χ3n) is 3.29. The van der Waals surface area contributed by atoms with Crippen molar-refractivity contribution >= 4 is 28.7 Å². The number of thiazole rings is 1. The fourth-order valence-corrected chi connectivity index (χ4v) is 2.99. The number of hydrogen-bond acceptors (Lipinski definition) is 7. The Morgan fingerprint density at radius 3 is 2.73 bits per heavy atom. The maximum absolute atomic E-state index is 11.5. The minimum Gasteiger partial charge on any atom is -0.490 e. The van der Waals surface area contributed by atoms with E-state index in [-0.39, 0.29) is 17.2 Å². The topological polar surface area (TPSA) is 98.3 Å². The molecule has 0 aliphatic carbocycles. The van der Waals surface area contributed by atoms with Gasteiger partial charge in [-0.3, -0.25) is 10.1 Å². The number of allylic oxidation sites excluding steroid dienone is 1. The first-order valence-electron chi connectivity index (χ1n) is 8.12. The molecule has 0 saturated carbocycles. The molecule has 0 amide bonds. The standard InChI is InChI=1S/C18H19N3O4S/c1-4-6-25-17-15(21(22)23)8-13(9-16(17)24-5-2)7-14(10-19)18-20-12(3)11-26-18/h7-9,11H,4-6H2,1-3H3/b14-7-. The Morgan fingerprint density at radius 1 is 1.42 bits per heavy atom. The summed E-state index contributed by atoms with van der Waals surface area (Å²) in [6, 6.07) is 5.11. The lowest BCUT2D eigenvalue weighted by Crippen LogP contribution is -2.04. The molecule has 2 aromatic rings. The van der Waals surface area contributed by atoms with E-state index in [9.17, 15) is 15.4 Å². The molecule has 8 heteroatoms. The summed E-state index contributed by atoms with van der Waals surface area (Å²) < 4.78 is 11.1. The van der Waals surface area contributed by atoms with Gasteiger partial charge in [0.2, 0.25) is 5.75 Å². The van der Waals surface area contributed by atoms with Crippen molar-refractivity contribution in [3.63, 3.8) is 0 Å². The lowest BCUT2D eigenvalue weighted by atomic mass is 10.1. The van der Waals surface area contributed by atoms with Crippen LogP contribution in [0.4, 0.5) is 5.69 Å². The van der Waals surface area contributed by atoms with Crippen LogP contribution in [0.1, 0.15) is 36.5 Å². The molecule has 1 aromatic carbocycles. The summed E-state index contributed by atoms with van der Waals surface area (Å²) in [5.74, 6) is 0.397. The molecule has 0 unspecified atom stereocenters. The number of aryl methyl sites for hydroxylation is 1. The maximum Gasteiger partial charge on any atom is 0.315 e. The summed E-state index contributed by atoms with van der Waals surface area (Å²) in [5, 5.41) is 23.3. The third-order valence-corrected chi connectivity index (χ3v) is 4.28. The van der Waals surface area contributed by atoms with Gasteiger partial charge < -0.3 is 9.47 Å². The quantitative estimate of drug-likeness (QED) is 0.381. The van der Waals surface area contributed by atoms with Crippen LogP contribution >= 0.6 is 11.3 Å². The van der Waals surface area contributed by atoms with Crippen molar-refractivity contribution in [2.75, 3.05) is 13.2 Å². The van der Waals surface area contributed by atoms with Crippen LogP contribution in [-0.2, 0) is 0 Å². The van der Waals surface area contributed by atoms with E-state index in [1.807, 2.05) is 19.2 Å². The zero-order valence-electron chi connectivity index (χ0n) is 14.8. The molecule has 7 nitrogen and oxygen atoms in total. The van der Waals surface area contributed by atoms with Gasteiger partial charge in [-0.1, -0.05) is 6.92 Å². The molecule has 1 heterocycles. The summed E-state index contributed by atoms with van der Waals surface area (Å²) in [4.78, 5) is 15.3. The number of benzene rings is 1. The zero-order chi connectivity index (χ0) is 19.1. The number of nitro benzene ring substituents is 1. The van der Waals surface area contributed by atoms with Gasteiger partial charge in [-0.05, 0) is 38.0 Å². The van der Waals surface area contributed by atoms with E-state index in [0.29, 0.717) is 35.8 Å². The van der Waals surface area contributed by atoms with Gasteiger partial charge in [0.05, 0.1) is 23.7 Å². The van der Waals surface area contributed by atoms with Crippen LogP contribution in [0.2, 0.25) is 0 Å². The fourth-order valence-electron chi connectivity index (χ4n) is 2.23. The van der Waals surface area contributed by atoms with E-state index in [4.69, 9.17) is 9.47 Å². The Labute approximate surface area is 155 Å². The van der Waals surface area contributed by atoms with Gasteiger partial charge in [0, 0.05) is 17.1 Å². The molecule has 1 aromatic heterocycles. The maximum atomic E-state index is 11.5. The molecule has 0 fully saturated rings. The smallest absolute Gasteiger partial charge is 0.315 e. The number of ether oxygens (including phenoxy) is 2. The number of rotatable bonds is 8. The van der Waals surface area contributed by atoms with Gasteiger partial charge >= 0.3 is 5.69 Å². The lowest BCUT2D eigenvalue weighted by Gasteiger charge is -2.12.